The molecule has 6 N–H and O–H groups in total. The van der Waals surface area contributed by atoms with Gasteiger partial charge in [0.2, 0.25) is 17.7 Å². The van der Waals surface area contributed by atoms with Gasteiger partial charge in [-0.3, -0.25) is 14.4 Å². The molecule has 2 amide bonds. The van der Waals surface area contributed by atoms with Gasteiger partial charge in [-0.15, -0.1) is 0 Å². The second-order valence-corrected chi connectivity index (χ2v) is 9.81. The largest absolute Gasteiger partial charge is 0.481 e. The van der Waals surface area contributed by atoms with Crippen LogP contribution < -0.4 is 26.4 Å². The minimum absolute atomic E-state index is 0.240. The molecule has 0 saturated carbocycles. The van der Waals surface area contributed by atoms with Crippen molar-refractivity contribution in [2.24, 2.45) is 0 Å². The fourth-order valence-corrected chi connectivity index (χ4v) is 4.66. The zero-order chi connectivity index (χ0) is 29.9. The van der Waals surface area contributed by atoms with E-state index < -0.39 is 17.9 Å². The predicted octanol–water partition coefficient (Wildman–Crippen LogP) is 4.52. The summed E-state index contributed by atoms with van der Waals surface area (Å²) in [6.07, 6.45) is 1.34. The Balaban J connectivity index is 1.27. The lowest BCUT2D eigenvalue weighted by Gasteiger charge is -2.18. The molecule has 1 unspecified atom stereocenters. The highest BCUT2D eigenvalue weighted by atomic mass is 16.5. The molecule has 0 fully saturated rings. The summed E-state index contributed by atoms with van der Waals surface area (Å²) in [4.78, 5) is 40.7. The maximum Gasteiger partial charge on any atom is 0.305 e. The number of benzene rings is 3. The molecule has 0 bridgehead atoms. The third-order valence-corrected chi connectivity index (χ3v) is 6.81. The maximum atomic E-state index is 12.6. The molecule has 0 aliphatic heterocycles. The second-order valence-electron chi connectivity index (χ2n) is 9.81. The SMILES string of the molecule is COc1cccc(NCCCCC(=O)NCC(=O)NC(CC(=O)O)c2ccc(-c3ccc(N)c4ccccc34)cc2)n1. The molecule has 1 heterocycles. The fourth-order valence-electron chi connectivity index (χ4n) is 4.66. The Morgan fingerprint density at radius 2 is 1.67 bits per heavy atom. The van der Waals surface area contributed by atoms with Gasteiger partial charge < -0.3 is 31.5 Å². The zero-order valence-electron chi connectivity index (χ0n) is 23.4. The highest BCUT2D eigenvalue weighted by Crippen LogP contribution is 2.32. The molecule has 0 radical (unpaired) electrons. The molecule has 1 aromatic heterocycles. The summed E-state index contributed by atoms with van der Waals surface area (Å²) in [7, 11) is 1.55. The first-order valence-electron chi connectivity index (χ1n) is 13.7. The van der Waals surface area contributed by atoms with Crippen molar-refractivity contribution >= 4 is 40.1 Å². The van der Waals surface area contributed by atoms with Crippen molar-refractivity contribution in [3.63, 3.8) is 0 Å². The number of nitrogens with zero attached hydrogens (tertiary/aromatic N) is 1. The number of nitrogens with two attached hydrogens (primary N) is 1. The highest BCUT2D eigenvalue weighted by molar-refractivity contribution is 6.02. The Bertz CT molecular complexity index is 1540. The van der Waals surface area contributed by atoms with Crippen LogP contribution >= 0.6 is 0 Å². The summed E-state index contributed by atoms with van der Waals surface area (Å²) >= 11 is 0. The first-order valence-corrected chi connectivity index (χ1v) is 13.7. The minimum Gasteiger partial charge on any atom is -0.481 e. The van der Waals surface area contributed by atoms with E-state index in [1.165, 1.54) is 0 Å². The smallest absolute Gasteiger partial charge is 0.305 e. The molecule has 10 nitrogen and oxygen atoms in total. The number of hydrogen-bond acceptors (Lipinski definition) is 7. The van der Waals surface area contributed by atoms with Crippen LogP contribution in [0.15, 0.2) is 78.9 Å². The molecule has 4 aromatic rings. The number of aromatic nitrogens is 1. The average molecular weight is 570 g/mol. The van der Waals surface area contributed by atoms with Gasteiger partial charge in [0.15, 0.2) is 0 Å². The minimum atomic E-state index is -1.05. The summed E-state index contributed by atoms with van der Waals surface area (Å²) in [5, 5.41) is 19.9. The Morgan fingerprint density at radius 1 is 0.905 bits per heavy atom. The molecule has 1 atom stereocenters. The summed E-state index contributed by atoms with van der Waals surface area (Å²) in [6, 6.07) is 23.8. The van der Waals surface area contributed by atoms with E-state index in [1.807, 2.05) is 72.8 Å². The summed E-state index contributed by atoms with van der Waals surface area (Å²) in [5.41, 5.74) is 9.43. The molecule has 10 heteroatoms. The van der Waals surface area contributed by atoms with Crippen LogP contribution in [-0.2, 0) is 14.4 Å². The summed E-state index contributed by atoms with van der Waals surface area (Å²) < 4.78 is 5.10. The number of ether oxygens (including phenoxy) is 1. The zero-order valence-corrected chi connectivity index (χ0v) is 23.4. The van der Waals surface area contributed by atoms with E-state index in [2.05, 4.69) is 20.9 Å². The van der Waals surface area contributed by atoms with Gasteiger partial charge in [-0.25, -0.2) is 0 Å². The molecular formula is C32H35N5O5. The normalized spacial score (nSPS) is 11.5. The van der Waals surface area contributed by atoms with Crippen LogP contribution in [0.5, 0.6) is 5.88 Å². The van der Waals surface area contributed by atoms with Crippen molar-refractivity contribution in [3.8, 4) is 17.0 Å². The first-order chi connectivity index (χ1) is 20.3. The van der Waals surface area contributed by atoms with Gasteiger partial charge in [-0.1, -0.05) is 60.7 Å². The van der Waals surface area contributed by atoms with E-state index in [0.717, 1.165) is 28.3 Å². The number of nitrogens with one attached hydrogen (secondary N) is 3. The number of pyridine rings is 1. The van der Waals surface area contributed by atoms with Crippen LogP contribution in [0, 0.1) is 0 Å². The number of carboxylic acids is 1. The van der Waals surface area contributed by atoms with Gasteiger partial charge in [0.05, 0.1) is 26.1 Å². The van der Waals surface area contributed by atoms with Crippen LogP contribution in [0.1, 0.15) is 37.3 Å². The lowest BCUT2D eigenvalue weighted by Crippen LogP contribution is -2.39. The Kier molecular flexibility index (Phi) is 10.3. The van der Waals surface area contributed by atoms with Gasteiger partial charge in [0, 0.05) is 30.1 Å². The topological polar surface area (TPSA) is 156 Å². The van der Waals surface area contributed by atoms with Crippen molar-refractivity contribution in [1.29, 1.82) is 0 Å². The number of carbonyl (C=O) groups is 3. The van der Waals surface area contributed by atoms with Gasteiger partial charge in [0.25, 0.3) is 0 Å². The third kappa shape index (κ3) is 8.20. The van der Waals surface area contributed by atoms with Crippen molar-refractivity contribution in [2.45, 2.75) is 31.7 Å². The number of carbonyl (C=O) groups excluding carboxylic acids is 2. The Hall–Kier alpha value is -5.12. The number of aliphatic carboxylic acids is 1. The number of methoxy groups -OCH3 is 1. The number of amides is 2. The van der Waals surface area contributed by atoms with Crippen LogP contribution in [0.3, 0.4) is 0 Å². The molecule has 4 rings (SSSR count). The summed E-state index contributed by atoms with van der Waals surface area (Å²) in [5.74, 6) is -0.545. The number of carboxylic acid groups (broad SMARTS) is 1. The Morgan fingerprint density at radius 3 is 2.40 bits per heavy atom. The van der Waals surface area contributed by atoms with E-state index in [1.54, 1.807) is 13.2 Å². The van der Waals surface area contributed by atoms with Crippen LogP contribution in [-0.4, -0.2) is 48.1 Å². The summed E-state index contributed by atoms with van der Waals surface area (Å²) in [6.45, 7) is 0.397. The number of hydrogen-bond donors (Lipinski definition) is 5. The molecule has 0 saturated heterocycles. The van der Waals surface area contributed by atoms with Crippen LogP contribution in [0.25, 0.3) is 21.9 Å². The number of unbranched alkanes of at least 4 members (excludes halogenated alkanes) is 1. The second kappa shape index (κ2) is 14.5. The van der Waals surface area contributed by atoms with Crippen LogP contribution in [0.4, 0.5) is 11.5 Å². The van der Waals surface area contributed by atoms with E-state index in [0.29, 0.717) is 35.9 Å². The third-order valence-electron chi connectivity index (χ3n) is 6.81. The molecule has 218 valence electrons. The fraction of sp³-hybridized carbons (Fsp3) is 0.250. The number of nitrogen functional groups attached to an aromatic ring is 1. The number of anilines is 2. The van der Waals surface area contributed by atoms with Crippen molar-refractivity contribution in [2.75, 3.05) is 31.2 Å². The number of rotatable bonds is 14. The van der Waals surface area contributed by atoms with Crippen molar-refractivity contribution in [1.82, 2.24) is 15.6 Å². The highest BCUT2D eigenvalue weighted by Gasteiger charge is 2.19. The maximum absolute atomic E-state index is 12.6. The molecule has 0 spiro atoms. The van der Waals surface area contributed by atoms with Gasteiger partial charge in [-0.05, 0) is 47.1 Å². The first kappa shape index (κ1) is 29.9. The van der Waals surface area contributed by atoms with E-state index in [-0.39, 0.29) is 25.3 Å². The van der Waals surface area contributed by atoms with Crippen molar-refractivity contribution in [3.05, 3.63) is 84.4 Å². The lowest BCUT2D eigenvalue weighted by atomic mass is 9.95. The molecule has 3 aromatic carbocycles. The average Bonchev–Trinajstić information content (AvgIpc) is 3.00. The van der Waals surface area contributed by atoms with Gasteiger partial charge in [-0.2, -0.15) is 4.98 Å². The van der Waals surface area contributed by atoms with Gasteiger partial charge in [0.1, 0.15) is 5.82 Å². The lowest BCUT2D eigenvalue weighted by molar-refractivity contribution is -0.138. The number of fused-ring (bicyclic) bond motifs is 1. The van der Waals surface area contributed by atoms with Gasteiger partial charge >= 0.3 is 5.97 Å². The monoisotopic (exact) mass is 569 g/mol. The molecule has 0 aliphatic carbocycles. The van der Waals surface area contributed by atoms with E-state index >= 15 is 0 Å². The van der Waals surface area contributed by atoms with Crippen LogP contribution in [0.2, 0.25) is 0 Å². The standard InChI is InChI=1S/C32H35N5O5/c1-42-31-11-6-9-28(37-31)34-18-5-4-10-29(38)35-20-30(39)36-27(19-32(40)41)22-14-12-21(13-15-22)23-16-17-26(33)25-8-3-2-7-24(23)25/h2-3,6-9,11-17,27H,4-5,10,18-20,33H2,1H3,(H,34,37)(H,35,38)(H,36,39)(H,40,41). The predicted molar refractivity (Wildman–Crippen MR) is 163 cm³/mol. The van der Waals surface area contributed by atoms with E-state index in [9.17, 15) is 19.5 Å². The Labute approximate surface area is 244 Å². The molecule has 0 aliphatic rings. The quantitative estimate of drug-likeness (QED) is 0.110. The molecular weight excluding hydrogens is 534 g/mol. The van der Waals surface area contributed by atoms with E-state index in [4.69, 9.17) is 10.5 Å². The molecule has 42 heavy (non-hydrogen) atoms. The van der Waals surface area contributed by atoms with Crippen molar-refractivity contribution < 1.29 is 24.2 Å².